The van der Waals surface area contributed by atoms with Crippen LogP contribution in [0, 0.1) is 0 Å². The van der Waals surface area contributed by atoms with Gasteiger partial charge in [-0.05, 0) is 74.9 Å². The molecule has 1 N–H and O–H groups in total. The van der Waals surface area contributed by atoms with Crippen molar-refractivity contribution in [2.24, 2.45) is 0 Å². The molecule has 7 nitrogen and oxygen atoms in total. The van der Waals surface area contributed by atoms with Crippen LogP contribution in [0.1, 0.15) is 44.4 Å². The largest absolute Gasteiger partial charge is 0.507 e. The van der Waals surface area contributed by atoms with Crippen LogP contribution in [0.15, 0.2) is 54.1 Å². The summed E-state index contributed by atoms with van der Waals surface area (Å²) < 4.78 is 10.8. The number of nitrogens with zero attached hydrogens (tertiary/aromatic N) is 2. The molecule has 2 aromatic carbocycles. The monoisotopic (exact) mass is 466 g/mol. The minimum Gasteiger partial charge on any atom is -0.507 e. The van der Waals surface area contributed by atoms with Crippen molar-refractivity contribution < 1.29 is 24.2 Å². The minimum atomic E-state index is -0.695. The van der Waals surface area contributed by atoms with Gasteiger partial charge < -0.3 is 24.4 Å². The zero-order chi connectivity index (χ0) is 24.7. The smallest absolute Gasteiger partial charge is 0.295 e. The van der Waals surface area contributed by atoms with Crippen LogP contribution >= 0.6 is 0 Å². The zero-order valence-electron chi connectivity index (χ0n) is 20.4. The molecule has 1 heterocycles. The van der Waals surface area contributed by atoms with Gasteiger partial charge >= 0.3 is 0 Å². The molecule has 1 amide bonds. The van der Waals surface area contributed by atoms with Crippen molar-refractivity contribution in [2.45, 2.75) is 33.2 Å². The summed E-state index contributed by atoms with van der Waals surface area (Å²) in [5.41, 5.74) is 1.27. The lowest BCUT2D eigenvalue weighted by Crippen LogP contribution is -2.33. The normalized spacial score (nSPS) is 17.4. The molecule has 1 aliphatic heterocycles. The van der Waals surface area contributed by atoms with Gasteiger partial charge in [0.2, 0.25) is 0 Å². The first-order valence-corrected chi connectivity index (χ1v) is 11.8. The summed E-state index contributed by atoms with van der Waals surface area (Å²) in [6.45, 7) is 9.67. The van der Waals surface area contributed by atoms with E-state index in [9.17, 15) is 14.7 Å². The highest BCUT2D eigenvalue weighted by Crippen LogP contribution is 2.40. The van der Waals surface area contributed by atoms with Gasteiger partial charge in [-0.1, -0.05) is 26.0 Å². The highest BCUT2D eigenvalue weighted by Gasteiger charge is 2.45. The molecule has 0 aliphatic carbocycles. The minimum absolute atomic E-state index is 0.0895. The molecule has 0 radical (unpaired) electrons. The summed E-state index contributed by atoms with van der Waals surface area (Å²) in [5, 5.41) is 11.2. The maximum atomic E-state index is 13.2. The molecule has 1 unspecified atom stereocenters. The van der Waals surface area contributed by atoms with E-state index in [1.165, 1.54) is 0 Å². The van der Waals surface area contributed by atoms with Crippen molar-refractivity contribution in [3.8, 4) is 11.5 Å². The molecule has 1 fully saturated rings. The second kappa shape index (κ2) is 11.7. The number of Topliss-reactive ketones (excluding diaryl/α,β-unsaturated/α-hetero) is 1. The number of carbonyl (C=O) groups is 2. The van der Waals surface area contributed by atoms with E-state index in [1.807, 2.05) is 31.2 Å². The third kappa shape index (κ3) is 5.42. The van der Waals surface area contributed by atoms with Crippen LogP contribution in [0.3, 0.4) is 0 Å². The number of ether oxygens (including phenoxy) is 2. The lowest BCUT2D eigenvalue weighted by atomic mass is 9.95. The average Bonchev–Trinajstić information content (AvgIpc) is 3.11. The molecular weight excluding hydrogens is 432 g/mol. The highest BCUT2D eigenvalue weighted by molar-refractivity contribution is 6.46. The van der Waals surface area contributed by atoms with Gasteiger partial charge in [0.05, 0.1) is 25.3 Å². The van der Waals surface area contributed by atoms with E-state index in [1.54, 1.807) is 36.3 Å². The quantitative estimate of drug-likeness (QED) is 0.303. The van der Waals surface area contributed by atoms with E-state index >= 15 is 0 Å². The Morgan fingerprint density at radius 2 is 1.74 bits per heavy atom. The number of hydrogen-bond acceptors (Lipinski definition) is 6. The number of hydrogen-bond donors (Lipinski definition) is 1. The number of ketones is 1. The lowest BCUT2D eigenvalue weighted by Gasteiger charge is -2.27. The first kappa shape index (κ1) is 25.3. The van der Waals surface area contributed by atoms with Crippen LogP contribution in [0.2, 0.25) is 0 Å². The van der Waals surface area contributed by atoms with Crippen LogP contribution in [-0.2, 0) is 9.59 Å². The van der Waals surface area contributed by atoms with E-state index in [0.29, 0.717) is 30.2 Å². The number of rotatable bonds is 11. The van der Waals surface area contributed by atoms with Gasteiger partial charge in [0.15, 0.2) is 0 Å². The number of aliphatic hydroxyl groups is 1. The number of methoxy groups -OCH3 is 1. The van der Waals surface area contributed by atoms with Crippen LogP contribution in [-0.4, -0.2) is 66.5 Å². The van der Waals surface area contributed by atoms with Crippen LogP contribution in [0.4, 0.5) is 0 Å². The Morgan fingerprint density at radius 3 is 2.35 bits per heavy atom. The summed E-state index contributed by atoms with van der Waals surface area (Å²) in [6, 6.07) is 13.4. The van der Waals surface area contributed by atoms with Crippen LogP contribution in [0.5, 0.6) is 11.5 Å². The molecule has 1 saturated heterocycles. The van der Waals surface area contributed by atoms with Crippen LogP contribution < -0.4 is 9.47 Å². The van der Waals surface area contributed by atoms with Gasteiger partial charge in [-0.25, -0.2) is 0 Å². The summed E-state index contributed by atoms with van der Waals surface area (Å²) in [6.07, 6.45) is 0.721. The molecule has 3 rings (SSSR count). The Kier molecular flexibility index (Phi) is 8.71. The van der Waals surface area contributed by atoms with Crippen molar-refractivity contribution in [1.29, 1.82) is 0 Å². The molecule has 0 aromatic heterocycles. The van der Waals surface area contributed by atoms with Gasteiger partial charge in [-0.2, -0.15) is 0 Å². The SMILES string of the molecule is CCOc1cccc(C2/C(=C(\O)c3ccc(OC)cc3)C(=O)C(=O)N2CCCN(CC)CC)c1. The standard InChI is InChI=1S/C27H34N2O5/c1-5-28(6-2)16-9-17-29-24(20-10-8-11-22(18-20)34-7-3)23(26(31)27(29)32)25(30)19-12-14-21(33-4)15-13-19/h8,10-15,18,24,30H,5-7,9,16-17H2,1-4H3/b25-23+. The molecule has 1 aliphatic rings. The summed E-state index contributed by atoms with van der Waals surface area (Å²) in [4.78, 5) is 30.2. The first-order valence-electron chi connectivity index (χ1n) is 11.8. The Hall–Kier alpha value is -3.32. The molecule has 34 heavy (non-hydrogen) atoms. The molecule has 2 aromatic rings. The number of carbonyl (C=O) groups excluding carboxylic acids is 2. The maximum Gasteiger partial charge on any atom is 0.295 e. The van der Waals surface area contributed by atoms with E-state index in [0.717, 1.165) is 31.6 Å². The van der Waals surface area contributed by atoms with Crippen molar-refractivity contribution in [2.75, 3.05) is 39.9 Å². The molecule has 0 bridgehead atoms. The molecule has 0 spiro atoms. The number of aliphatic hydroxyl groups excluding tert-OH is 1. The summed E-state index contributed by atoms with van der Waals surface area (Å²) in [5.74, 6) is -0.184. The van der Waals surface area contributed by atoms with Crippen molar-refractivity contribution in [3.05, 3.63) is 65.2 Å². The number of likely N-dealkylation sites (tertiary alicyclic amines) is 1. The Balaban J connectivity index is 2.04. The highest BCUT2D eigenvalue weighted by atomic mass is 16.5. The maximum absolute atomic E-state index is 13.2. The second-order valence-electron chi connectivity index (χ2n) is 8.11. The van der Waals surface area contributed by atoms with Gasteiger partial charge in [0.25, 0.3) is 11.7 Å². The molecular formula is C27H34N2O5. The zero-order valence-corrected chi connectivity index (χ0v) is 20.4. The first-order chi connectivity index (χ1) is 16.4. The fraction of sp³-hybridized carbons (Fsp3) is 0.407. The third-order valence-corrected chi connectivity index (χ3v) is 6.16. The van der Waals surface area contributed by atoms with E-state index in [4.69, 9.17) is 9.47 Å². The molecule has 0 saturated carbocycles. The second-order valence-corrected chi connectivity index (χ2v) is 8.11. The van der Waals surface area contributed by atoms with Crippen molar-refractivity contribution in [3.63, 3.8) is 0 Å². The fourth-order valence-electron chi connectivity index (χ4n) is 4.31. The van der Waals surface area contributed by atoms with E-state index in [-0.39, 0.29) is 11.3 Å². The van der Waals surface area contributed by atoms with Gasteiger partial charge in [-0.15, -0.1) is 0 Å². The van der Waals surface area contributed by atoms with Crippen LogP contribution in [0.25, 0.3) is 5.76 Å². The van der Waals surface area contributed by atoms with E-state index in [2.05, 4.69) is 18.7 Å². The van der Waals surface area contributed by atoms with Crippen molar-refractivity contribution in [1.82, 2.24) is 9.80 Å². The fourth-order valence-corrected chi connectivity index (χ4v) is 4.31. The molecule has 7 heteroatoms. The topological polar surface area (TPSA) is 79.3 Å². The predicted molar refractivity (Wildman–Crippen MR) is 132 cm³/mol. The molecule has 1 atom stereocenters. The predicted octanol–water partition coefficient (Wildman–Crippen LogP) is 4.25. The number of amides is 1. The van der Waals surface area contributed by atoms with Gasteiger partial charge in [-0.3, -0.25) is 9.59 Å². The lowest BCUT2D eigenvalue weighted by molar-refractivity contribution is -0.140. The average molecular weight is 467 g/mol. The summed E-state index contributed by atoms with van der Waals surface area (Å²) in [7, 11) is 1.56. The van der Waals surface area contributed by atoms with Crippen molar-refractivity contribution >= 4 is 17.4 Å². The Morgan fingerprint density at radius 1 is 1.03 bits per heavy atom. The Labute approximate surface area is 201 Å². The van der Waals surface area contributed by atoms with Gasteiger partial charge in [0.1, 0.15) is 17.3 Å². The number of benzene rings is 2. The van der Waals surface area contributed by atoms with Gasteiger partial charge in [0, 0.05) is 12.1 Å². The Bertz CT molecular complexity index is 1030. The third-order valence-electron chi connectivity index (χ3n) is 6.16. The van der Waals surface area contributed by atoms with E-state index < -0.39 is 17.7 Å². The molecule has 182 valence electrons. The summed E-state index contributed by atoms with van der Waals surface area (Å²) >= 11 is 0.